The van der Waals surface area contributed by atoms with Gasteiger partial charge in [0.05, 0.1) is 11.8 Å². The summed E-state index contributed by atoms with van der Waals surface area (Å²) >= 11 is 1.86. The molecule has 0 aromatic rings. The number of thioether (sulfide) groups is 1. The summed E-state index contributed by atoms with van der Waals surface area (Å²) in [6.07, 6.45) is 2.82. The fourth-order valence-electron chi connectivity index (χ4n) is 1.46. The van der Waals surface area contributed by atoms with E-state index >= 15 is 0 Å². The Morgan fingerprint density at radius 3 is 3.07 bits per heavy atom. The first-order valence-corrected chi connectivity index (χ1v) is 6.41. The van der Waals surface area contributed by atoms with Gasteiger partial charge in [-0.15, -0.1) is 11.8 Å². The molecule has 0 aliphatic carbocycles. The van der Waals surface area contributed by atoms with Crippen LogP contribution in [-0.4, -0.2) is 29.6 Å². The van der Waals surface area contributed by atoms with Crippen molar-refractivity contribution < 1.29 is 4.79 Å². The third kappa shape index (κ3) is 4.33. The first kappa shape index (κ1) is 11.9. The topological polar surface area (TPSA) is 41.1 Å². The molecule has 1 saturated heterocycles. The van der Waals surface area contributed by atoms with Crippen molar-refractivity contribution in [1.29, 1.82) is 0 Å². The van der Waals surface area contributed by atoms with E-state index in [0.29, 0.717) is 17.8 Å². The normalized spacial score (nSPS) is 27.3. The fourth-order valence-corrected chi connectivity index (χ4v) is 2.83. The molecular weight excluding hydrogens is 196 g/mol. The van der Waals surface area contributed by atoms with Crippen LogP contribution in [0.25, 0.3) is 0 Å². The lowest BCUT2D eigenvalue weighted by Gasteiger charge is -2.27. The maximum Gasteiger partial charge on any atom is 0.222 e. The number of nitrogens with one attached hydrogen (secondary N) is 2. The first-order chi connectivity index (χ1) is 6.72. The van der Waals surface area contributed by atoms with Crippen LogP contribution in [0.5, 0.6) is 0 Å². The van der Waals surface area contributed by atoms with Gasteiger partial charge < -0.3 is 10.6 Å². The second-order valence-electron chi connectivity index (χ2n) is 3.77. The van der Waals surface area contributed by atoms with Gasteiger partial charge in [-0.25, -0.2) is 0 Å². The van der Waals surface area contributed by atoms with Crippen LogP contribution in [0.3, 0.4) is 0 Å². The van der Waals surface area contributed by atoms with Gasteiger partial charge in [0.1, 0.15) is 0 Å². The summed E-state index contributed by atoms with van der Waals surface area (Å²) < 4.78 is 0. The maximum absolute atomic E-state index is 11.4. The SMILES string of the molecule is CCCNC(=O)CC1NC(C)CCS1. The molecule has 2 atom stereocenters. The lowest BCUT2D eigenvalue weighted by molar-refractivity contribution is -0.121. The van der Waals surface area contributed by atoms with Gasteiger partial charge in [0.25, 0.3) is 0 Å². The lowest BCUT2D eigenvalue weighted by atomic mass is 10.2. The van der Waals surface area contributed by atoms with E-state index in [1.165, 1.54) is 12.2 Å². The molecule has 1 rings (SSSR count). The lowest BCUT2D eigenvalue weighted by Crippen LogP contribution is -2.42. The molecule has 1 aliphatic heterocycles. The Balaban J connectivity index is 2.18. The first-order valence-electron chi connectivity index (χ1n) is 5.36. The number of rotatable bonds is 4. The van der Waals surface area contributed by atoms with Crippen LogP contribution >= 0.6 is 11.8 Å². The van der Waals surface area contributed by atoms with Crippen molar-refractivity contribution in [1.82, 2.24) is 10.6 Å². The summed E-state index contributed by atoms with van der Waals surface area (Å²) in [5.41, 5.74) is 0. The molecule has 1 aliphatic rings. The quantitative estimate of drug-likeness (QED) is 0.745. The van der Waals surface area contributed by atoms with Gasteiger partial charge in [-0.3, -0.25) is 4.79 Å². The largest absolute Gasteiger partial charge is 0.356 e. The molecule has 4 heteroatoms. The van der Waals surface area contributed by atoms with Crippen LogP contribution in [0.2, 0.25) is 0 Å². The van der Waals surface area contributed by atoms with E-state index in [9.17, 15) is 4.79 Å². The van der Waals surface area contributed by atoms with Crippen LogP contribution < -0.4 is 10.6 Å². The molecule has 1 amide bonds. The van der Waals surface area contributed by atoms with Crippen molar-refractivity contribution in [3.63, 3.8) is 0 Å². The van der Waals surface area contributed by atoms with Crippen molar-refractivity contribution in [2.75, 3.05) is 12.3 Å². The minimum atomic E-state index is 0.172. The molecule has 14 heavy (non-hydrogen) atoms. The van der Waals surface area contributed by atoms with Crippen molar-refractivity contribution in [3.8, 4) is 0 Å². The molecule has 2 N–H and O–H groups in total. The minimum absolute atomic E-state index is 0.172. The Kier molecular flexibility index (Phi) is 5.33. The number of carbonyl (C=O) groups excluding carboxylic acids is 1. The molecule has 2 unspecified atom stereocenters. The molecular formula is C10H20N2OS. The van der Waals surface area contributed by atoms with Crippen molar-refractivity contribution in [2.45, 2.75) is 44.5 Å². The second-order valence-corrected chi connectivity index (χ2v) is 5.08. The second kappa shape index (κ2) is 6.30. The summed E-state index contributed by atoms with van der Waals surface area (Å²) in [5, 5.41) is 6.64. The summed E-state index contributed by atoms with van der Waals surface area (Å²) in [6, 6.07) is 0.556. The maximum atomic E-state index is 11.4. The molecule has 0 aromatic heterocycles. The highest BCUT2D eigenvalue weighted by atomic mass is 32.2. The number of amides is 1. The Bertz CT molecular complexity index is 187. The van der Waals surface area contributed by atoms with Crippen LogP contribution in [-0.2, 0) is 4.79 Å². The summed E-state index contributed by atoms with van der Waals surface area (Å²) in [5.74, 6) is 1.34. The van der Waals surface area contributed by atoms with Crippen LogP contribution in [0.4, 0.5) is 0 Å². The Morgan fingerprint density at radius 1 is 1.64 bits per heavy atom. The van der Waals surface area contributed by atoms with Crippen molar-refractivity contribution in [2.24, 2.45) is 0 Å². The van der Waals surface area contributed by atoms with Crippen LogP contribution in [0.1, 0.15) is 33.1 Å². The molecule has 0 aromatic carbocycles. The van der Waals surface area contributed by atoms with E-state index in [1.54, 1.807) is 0 Å². The molecule has 1 fully saturated rings. The zero-order valence-corrected chi connectivity index (χ0v) is 9.82. The zero-order chi connectivity index (χ0) is 10.4. The van der Waals surface area contributed by atoms with Gasteiger partial charge in [0, 0.05) is 12.6 Å². The van der Waals surface area contributed by atoms with Gasteiger partial charge in [0.15, 0.2) is 0 Å². The van der Waals surface area contributed by atoms with E-state index in [0.717, 1.165) is 13.0 Å². The number of hydrogen-bond acceptors (Lipinski definition) is 3. The average Bonchev–Trinajstić information content (AvgIpc) is 2.15. The predicted octanol–water partition coefficient (Wildman–Crippen LogP) is 1.34. The van der Waals surface area contributed by atoms with E-state index in [4.69, 9.17) is 0 Å². The third-order valence-electron chi connectivity index (χ3n) is 2.28. The Morgan fingerprint density at radius 2 is 2.43 bits per heavy atom. The highest BCUT2D eigenvalue weighted by Gasteiger charge is 2.20. The molecule has 0 radical (unpaired) electrons. The molecule has 3 nitrogen and oxygen atoms in total. The Labute approximate surface area is 90.4 Å². The van der Waals surface area contributed by atoms with Crippen molar-refractivity contribution >= 4 is 17.7 Å². The van der Waals surface area contributed by atoms with Crippen LogP contribution in [0, 0.1) is 0 Å². The number of hydrogen-bond donors (Lipinski definition) is 2. The predicted molar refractivity (Wildman–Crippen MR) is 61.4 cm³/mol. The van der Waals surface area contributed by atoms with Gasteiger partial charge in [-0.1, -0.05) is 6.92 Å². The number of carbonyl (C=O) groups is 1. The molecule has 82 valence electrons. The molecule has 0 bridgehead atoms. The summed E-state index contributed by atoms with van der Waals surface area (Å²) in [4.78, 5) is 11.4. The van der Waals surface area contributed by atoms with Crippen molar-refractivity contribution in [3.05, 3.63) is 0 Å². The molecule has 0 spiro atoms. The average molecular weight is 216 g/mol. The van der Waals surface area contributed by atoms with E-state index < -0.39 is 0 Å². The smallest absolute Gasteiger partial charge is 0.222 e. The third-order valence-corrected chi connectivity index (χ3v) is 3.46. The highest BCUT2D eigenvalue weighted by Crippen LogP contribution is 2.20. The Hall–Kier alpha value is -0.220. The van der Waals surface area contributed by atoms with Gasteiger partial charge >= 0.3 is 0 Å². The standard InChI is InChI=1S/C10H20N2OS/c1-3-5-11-9(13)7-10-12-8(2)4-6-14-10/h8,10,12H,3-7H2,1-2H3,(H,11,13). The van der Waals surface area contributed by atoms with Gasteiger partial charge in [-0.2, -0.15) is 0 Å². The molecule has 0 saturated carbocycles. The summed E-state index contributed by atoms with van der Waals surface area (Å²) in [6.45, 7) is 5.04. The minimum Gasteiger partial charge on any atom is -0.356 e. The summed E-state index contributed by atoms with van der Waals surface area (Å²) in [7, 11) is 0. The highest BCUT2D eigenvalue weighted by molar-refractivity contribution is 7.99. The van der Waals surface area contributed by atoms with E-state index in [1.807, 2.05) is 11.8 Å². The van der Waals surface area contributed by atoms with Crippen LogP contribution in [0.15, 0.2) is 0 Å². The fraction of sp³-hybridized carbons (Fsp3) is 0.900. The van der Waals surface area contributed by atoms with E-state index in [2.05, 4.69) is 24.5 Å². The molecule has 1 heterocycles. The van der Waals surface area contributed by atoms with Gasteiger partial charge in [-0.05, 0) is 25.5 Å². The van der Waals surface area contributed by atoms with E-state index in [-0.39, 0.29) is 5.91 Å². The monoisotopic (exact) mass is 216 g/mol. The van der Waals surface area contributed by atoms with Gasteiger partial charge in [0.2, 0.25) is 5.91 Å². The zero-order valence-electron chi connectivity index (χ0n) is 9.01.